The van der Waals surface area contributed by atoms with Gasteiger partial charge in [-0.3, -0.25) is 14.2 Å². The minimum Gasteiger partial charge on any atom is -0.382 e. The minimum absolute atomic E-state index is 0.120. The van der Waals surface area contributed by atoms with Gasteiger partial charge in [0.15, 0.2) is 5.82 Å². The van der Waals surface area contributed by atoms with Gasteiger partial charge in [0.25, 0.3) is 11.5 Å². The van der Waals surface area contributed by atoms with Crippen molar-refractivity contribution in [3.63, 3.8) is 0 Å². The van der Waals surface area contributed by atoms with E-state index in [2.05, 4.69) is 25.5 Å². The van der Waals surface area contributed by atoms with Crippen molar-refractivity contribution >= 4 is 34.8 Å². The third-order valence-electron chi connectivity index (χ3n) is 5.11. The normalized spacial score (nSPS) is 22.0. The number of aromatic nitrogens is 3. The molecule has 0 aromatic carbocycles. The van der Waals surface area contributed by atoms with Crippen LogP contribution in [-0.4, -0.2) is 45.5 Å². The van der Waals surface area contributed by atoms with Gasteiger partial charge in [-0.05, 0) is 45.0 Å². The predicted octanol–water partition coefficient (Wildman–Crippen LogP) is 1.05. The maximum absolute atomic E-state index is 13.3. The first kappa shape index (κ1) is 17.7. The number of hydrogen-bond acceptors (Lipinski definition) is 7. The maximum Gasteiger partial charge on any atom is 0.276 e. The third-order valence-corrected chi connectivity index (χ3v) is 5.48. The molecule has 1 atom stereocenters. The molecule has 142 valence electrons. The molecule has 2 aliphatic heterocycles. The number of hydrogen-bond donors (Lipinski definition) is 3. The molecule has 0 bridgehead atoms. The number of carbonyl (C=O) groups excluding carboxylic acids is 1. The molecule has 27 heavy (non-hydrogen) atoms. The molecule has 2 aromatic heterocycles. The number of carbonyl (C=O) groups is 1. The number of nitrogens with zero attached hydrogens (tertiary/aromatic N) is 4. The molecule has 1 saturated heterocycles. The van der Waals surface area contributed by atoms with E-state index in [-0.39, 0.29) is 33.8 Å². The van der Waals surface area contributed by atoms with Gasteiger partial charge in [0.1, 0.15) is 34.2 Å². The summed E-state index contributed by atoms with van der Waals surface area (Å²) in [4.78, 5) is 35.9. The second-order valence-corrected chi connectivity index (χ2v) is 7.48. The molecular weight excluding hydrogens is 370 g/mol. The summed E-state index contributed by atoms with van der Waals surface area (Å²) in [6.45, 7) is 3.29. The van der Waals surface area contributed by atoms with E-state index < -0.39 is 5.66 Å². The Balaban J connectivity index is 1.86. The number of anilines is 3. The minimum atomic E-state index is -0.743. The predicted molar refractivity (Wildman–Crippen MR) is 102 cm³/mol. The highest BCUT2D eigenvalue weighted by atomic mass is 35.5. The summed E-state index contributed by atoms with van der Waals surface area (Å²) in [5.41, 5.74) is 6.03. The molecule has 0 unspecified atom stereocenters. The van der Waals surface area contributed by atoms with Gasteiger partial charge >= 0.3 is 0 Å². The van der Waals surface area contributed by atoms with Gasteiger partial charge in [0.05, 0.1) is 0 Å². The van der Waals surface area contributed by atoms with Crippen LogP contribution in [0.5, 0.6) is 0 Å². The molecule has 4 rings (SSSR count). The molecule has 1 fully saturated rings. The highest BCUT2D eigenvalue weighted by Crippen LogP contribution is 2.33. The van der Waals surface area contributed by atoms with Crippen LogP contribution in [0.3, 0.4) is 0 Å². The van der Waals surface area contributed by atoms with Crippen LogP contribution in [0.25, 0.3) is 0 Å². The highest BCUT2D eigenvalue weighted by molar-refractivity contribution is 6.35. The van der Waals surface area contributed by atoms with Gasteiger partial charge in [-0.15, -0.1) is 0 Å². The number of nitrogens with one attached hydrogen (secondary N) is 2. The number of fused-ring (bicyclic) bond motifs is 2. The Kier molecular flexibility index (Phi) is 4.08. The molecular formula is C17H20ClN7O2. The Bertz CT molecular complexity index is 1010. The second-order valence-electron chi connectivity index (χ2n) is 7.10. The summed E-state index contributed by atoms with van der Waals surface area (Å²) >= 11 is 6.14. The lowest BCUT2D eigenvalue weighted by atomic mass is 9.98. The van der Waals surface area contributed by atoms with Gasteiger partial charge in [0, 0.05) is 6.54 Å². The van der Waals surface area contributed by atoms with Crippen LogP contribution < -0.4 is 21.9 Å². The van der Waals surface area contributed by atoms with Crippen LogP contribution in [0.15, 0.2) is 17.2 Å². The number of nitrogens with two attached hydrogens (primary N) is 1. The average Bonchev–Trinajstić information content (AvgIpc) is 2.88. The summed E-state index contributed by atoms with van der Waals surface area (Å²) < 4.78 is 1.58. The van der Waals surface area contributed by atoms with E-state index in [4.69, 9.17) is 17.3 Å². The first-order valence-corrected chi connectivity index (χ1v) is 9.01. The zero-order valence-corrected chi connectivity index (χ0v) is 15.8. The van der Waals surface area contributed by atoms with Gasteiger partial charge in [-0.2, -0.15) is 0 Å². The highest BCUT2D eigenvalue weighted by Gasteiger charge is 2.46. The smallest absolute Gasteiger partial charge is 0.276 e. The summed E-state index contributed by atoms with van der Waals surface area (Å²) in [6, 6.07) is 1.63. The molecule has 0 aliphatic carbocycles. The molecule has 2 aromatic rings. The van der Waals surface area contributed by atoms with Crippen LogP contribution >= 0.6 is 11.6 Å². The molecule has 10 heteroatoms. The van der Waals surface area contributed by atoms with Crippen LogP contribution in [0.4, 0.5) is 17.3 Å². The zero-order valence-electron chi connectivity index (χ0n) is 15.0. The number of aryl methyl sites for hydroxylation is 1. The van der Waals surface area contributed by atoms with E-state index in [1.165, 1.54) is 6.33 Å². The van der Waals surface area contributed by atoms with Gasteiger partial charge in [-0.25, -0.2) is 9.97 Å². The van der Waals surface area contributed by atoms with Crippen LogP contribution in [0.2, 0.25) is 5.02 Å². The topological polar surface area (TPSA) is 118 Å². The summed E-state index contributed by atoms with van der Waals surface area (Å²) in [6.07, 6.45) is 2.85. The lowest BCUT2D eigenvalue weighted by Gasteiger charge is -2.39. The SMILES string of the molecule is Cc1cc(Nc2ncnc(N)c2Cl)c(=O)n2c1C(=O)N[C@]21CCCN(C)C1. The Labute approximate surface area is 160 Å². The van der Waals surface area contributed by atoms with E-state index in [0.29, 0.717) is 24.2 Å². The summed E-state index contributed by atoms with van der Waals surface area (Å²) in [5, 5.41) is 6.13. The fourth-order valence-corrected chi connectivity index (χ4v) is 4.12. The molecule has 0 saturated carbocycles. The summed E-state index contributed by atoms with van der Waals surface area (Å²) in [7, 11) is 1.98. The van der Waals surface area contributed by atoms with Crippen molar-refractivity contribution in [3.05, 3.63) is 39.0 Å². The fraction of sp³-hybridized carbons (Fsp3) is 0.412. The summed E-state index contributed by atoms with van der Waals surface area (Å²) in [5.74, 6) is 0.137. The molecule has 1 amide bonds. The Morgan fingerprint density at radius 2 is 2.15 bits per heavy atom. The van der Waals surface area contributed by atoms with Crippen molar-refractivity contribution in [2.45, 2.75) is 25.4 Å². The Morgan fingerprint density at radius 1 is 1.37 bits per heavy atom. The monoisotopic (exact) mass is 389 g/mol. The second kappa shape index (κ2) is 6.21. The molecule has 4 heterocycles. The largest absolute Gasteiger partial charge is 0.382 e. The van der Waals surface area contributed by atoms with Crippen LogP contribution in [0, 0.1) is 6.92 Å². The molecule has 2 aliphatic rings. The van der Waals surface area contributed by atoms with Crippen molar-refractivity contribution in [2.24, 2.45) is 0 Å². The van der Waals surface area contributed by atoms with Crippen molar-refractivity contribution < 1.29 is 4.79 Å². The van der Waals surface area contributed by atoms with E-state index in [1.807, 2.05) is 7.05 Å². The van der Waals surface area contributed by atoms with Gasteiger partial charge in [0.2, 0.25) is 0 Å². The average molecular weight is 390 g/mol. The maximum atomic E-state index is 13.3. The standard InChI is InChI=1S/C17H20ClN7O2/c1-9-6-10(22-14-11(18)13(19)20-8-21-14)16(27)25-12(9)15(26)23-17(25)4-3-5-24(2)7-17/h6,8H,3-5,7H2,1-2H3,(H,23,26)(H3,19,20,21,22)/t17-/m1/s1. The lowest BCUT2D eigenvalue weighted by Crippen LogP contribution is -2.57. The van der Waals surface area contributed by atoms with Crippen LogP contribution in [-0.2, 0) is 5.66 Å². The number of pyridine rings is 1. The number of likely N-dealkylation sites (N-methyl/N-ethyl adjacent to an activating group) is 1. The van der Waals surface area contributed by atoms with E-state index >= 15 is 0 Å². The van der Waals surface area contributed by atoms with Gasteiger partial charge in [-0.1, -0.05) is 11.6 Å². The molecule has 0 radical (unpaired) electrons. The van der Waals surface area contributed by atoms with Crippen molar-refractivity contribution in [2.75, 3.05) is 31.2 Å². The van der Waals surface area contributed by atoms with Crippen molar-refractivity contribution in [1.29, 1.82) is 0 Å². The molecule has 4 N–H and O–H groups in total. The number of nitrogen functional groups attached to an aromatic ring is 1. The number of piperidine rings is 1. The molecule has 9 nitrogen and oxygen atoms in total. The van der Waals surface area contributed by atoms with Gasteiger partial charge < -0.3 is 21.3 Å². The zero-order chi connectivity index (χ0) is 19.3. The molecule has 1 spiro atoms. The Morgan fingerprint density at radius 3 is 2.89 bits per heavy atom. The lowest BCUT2D eigenvalue weighted by molar-refractivity contribution is 0.0755. The first-order valence-electron chi connectivity index (χ1n) is 8.63. The van der Waals surface area contributed by atoms with Crippen LogP contribution in [0.1, 0.15) is 28.9 Å². The van der Waals surface area contributed by atoms with E-state index in [9.17, 15) is 9.59 Å². The first-order chi connectivity index (χ1) is 12.8. The number of rotatable bonds is 2. The number of likely N-dealkylation sites (tertiary alicyclic amines) is 1. The third kappa shape index (κ3) is 2.74. The number of halogens is 1. The van der Waals surface area contributed by atoms with Crippen molar-refractivity contribution in [3.8, 4) is 0 Å². The fourth-order valence-electron chi connectivity index (χ4n) is 3.98. The number of amides is 1. The van der Waals surface area contributed by atoms with E-state index in [0.717, 1.165) is 13.0 Å². The van der Waals surface area contributed by atoms with Crippen molar-refractivity contribution in [1.82, 2.24) is 24.8 Å². The van der Waals surface area contributed by atoms with E-state index in [1.54, 1.807) is 17.6 Å². The quantitative estimate of drug-likeness (QED) is 0.702. The Hall–Kier alpha value is -2.65.